The number of aryl methyl sites for hydroxylation is 4. The molecule has 0 radical (unpaired) electrons. The number of hydrogen-bond donors (Lipinski definition) is 0. The van der Waals surface area contributed by atoms with Crippen LogP contribution in [0.15, 0.2) is 120 Å². The van der Waals surface area contributed by atoms with Gasteiger partial charge in [0.25, 0.3) is 5.82 Å². The summed E-state index contributed by atoms with van der Waals surface area (Å²) in [6.07, 6.45) is 0. The maximum atomic E-state index is 8.43. The van der Waals surface area contributed by atoms with Gasteiger partial charge >= 0.3 is 0 Å². The third kappa shape index (κ3) is 4.98. The van der Waals surface area contributed by atoms with Gasteiger partial charge in [0.2, 0.25) is 0 Å². The van der Waals surface area contributed by atoms with E-state index < -0.39 is 13.7 Å². The summed E-state index contributed by atoms with van der Waals surface area (Å²) in [4.78, 5) is 0. The van der Waals surface area contributed by atoms with E-state index in [1.807, 2.05) is 31.2 Å². The molecule has 6 aromatic carbocycles. The van der Waals surface area contributed by atoms with E-state index in [-0.39, 0.29) is 28.5 Å². The first-order valence-corrected chi connectivity index (χ1v) is 17.4. The van der Waals surface area contributed by atoms with E-state index >= 15 is 0 Å². The van der Waals surface area contributed by atoms with Gasteiger partial charge in [0.05, 0.1) is 7.05 Å². The fourth-order valence-corrected chi connectivity index (χ4v) is 7.57. The summed E-state index contributed by atoms with van der Waals surface area (Å²) < 4.78 is 61.1. The van der Waals surface area contributed by atoms with Crippen LogP contribution in [0.1, 0.15) is 75.6 Å². The van der Waals surface area contributed by atoms with E-state index in [1.54, 1.807) is 6.07 Å². The molecule has 2 aromatic heterocycles. The zero-order valence-corrected chi connectivity index (χ0v) is 29.4. The summed E-state index contributed by atoms with van der Waals surface area (Å²) in [5.74, 6) is 1.20. The predicted molar refractivity (Wildman–Crippen MR) is 210 cm³/mol. The summed E-state index contributed by atoms with van der Waals surface area (Å²) in [5.41, 5.74) is 12.1. The van der Waals surface area contributed by atoms with Crippen molar-refractivity contribution in [2.45, 2.75) is 60.2 Å². The van der Waals surface area contributed by atoms with Crippen LogP contribution in [0, 0.1) is 20.6 Å². The molecule has 2 heterocycles. The molecule has 0 bridgehead atoms. The average molecular weight is 660 g/mol. The molecular formula is C47H45N2O+. The van der Waals surface area contributed by atoms with Gasteiger partial charge in [0, 0.05) is 30.1 Å². The van der Waals surface area contributed by atoms with Crippen LogP contribution in [0.2, 0.25) is 0 Å². The Balaban J connectivity index is 1.44. The topological polar surface area (TPSA) is 21.9 Å². The Morgan fingerprint density at radius 1 is 0.620 bits per heavy atom. The highest BCUT2D eigenvalue weighted by atomic mass is 16.3. The van der Waals surface area contributed by atoms with Crippen molar-refractivity contribution in [2.75, 3.05) is 0 Å². The number of furan rings is 1. The highest BCUT2D eigenvalue weighted by Gasteiger charge is 2.34. The van der Waals surface area contributed by atoms with Crippen LogP contribution >= 0.6 is 0 Å². The lowest BCUT2D eigenvalue weighted by molar-refractivity contribution is -0.633. The fourth-order valence-electron chi connectivity index (χ4n) is 7.57. The zero-order chi connectivity index (χ0) is 39.8. The molecule has 0 saturated heterocycles. The summed E-state index contributed by atoms with van der Waals surface area (Å²) in [6.45, 7) is 5.64. The minimum atomic E-state index is -2.71. The molecule has 0 unspecified atom stereocenters. The second-order valence-electron chi connectivity index (χ2n) is 14.1. The minimum absolute atomic E-state index is 0.0826. The third-order valence-corrected chi connectivity index (χ3v) is 10.2. The molecule has 0 N–H and O–H groups in total. The van der Waals surface area contributed by atoms with Gasteiger partial charge in [-0.1, -0.05) is 119 Å². The van der Waals surface area contributed by atoms with Gasteiger partial charge in [-0.3, -0.25) is 0 Å². The molecule has 0 fully saturated rings. The molecule has 8 rings (SSSR count). The molecule has 0 saturated carbocycles. The average Bonchev–Trinajstić information content (AvgIpc) is 3.68. The van der Waals surface area contributed by atoms with Crippen LogP contribution in [-0.4, -0.2) is 4.57 Å². The Morgan fingerprint density at radius 3 is 1.84 bits per heavy atom. The Kier molecular flexibility index (Phi) is 6.22. The van der Waals surface area contributed by atoms with Crippen LogP contribution in [0.4, 0.5) is 0 Å². The van der Waals surface area contributed by atoms with Gasteiger partial charge in [-0.15, -0.1) is 0 Å². The first-order chi connectivity index (χ1) is 26.6. The maximum absolute atomic E-state index is 8.43. The number of imidazole rings is 1. The van der Waals surface area contributed by atoms with E-state index in [1.165, 1.54) is 28.3 Å². The van der Waals surface area contributed by atoms with Crippen molar-refractivity contribution in [1.82, 2.24) is 4.57 Å². The molecule has 3 heteroatoms. The van der Waals surface area contributed by atoms with Gasteiger partial charge in [-0.25, -0.2) is 4.57 Å². The molecule has 0 aliphatic heterocycles. The van der Waals surface area contributed by atoms with Crippen LogP contribution in [0.3, 0.4) is 0 Å². The third-order valence-electron chi connectivity index (χ3n) is 10.2. The summed E-state index contributed by atoms with van der Waals surface area (Å²) >= 11 is 0. The largest absolute Gasteiger partial charge is 0.455 e. The van der Waals surface area contributed by atoms with Gasteiger partial charge in [-0.2, -0.15) is 4.57 Å². The van der Waals surface area contributed by atoms with E-state index in [0.29, 0.717) is 11.0 Å². The molecule has 0 aliphatic rings. The first-order valence-electron chi connectivity index (χ1n) is 20.4. The Morgan fingerprint density at radius 2 is 1.20 bits per heavy atom. The highest BCUT2D eigenvalue weighted by Crippen LogP contribution is 2.43. The van der Waals surface area contributed by atoms with Gasteiger partial charge in [0.1, 0.15) is 16.8 Å². The van der Waals surface area contributed by atoms with Gasteiger partial charge < -0.3 is 4.42 Å². The van der Waals surface area contributed by atoms with Crippen LogP contribution in [0.5, 0.6) is 0 Å². The van der Waals surface area contributed by atoms with Gasteiger partial charge in [-0.05, 0) is 95.7 Å². The Labute approximate surface area is 303 Å². The van der Waals surface area contributed by atoms with E-state index in [2.05, 4.69) is 123 Å². The van der Waals surface area contributed by atoms with Crippen molar-refractivity contribution in [3.63, 3.8) is 0 Å². The lowest BCUT2D eigenvalue weighted by Crippen LogP contribution is -2.30. The number of rotatable bonds is 6. The molecule has 248 valence electrons. The normalized spacial score (nSPS) is 14.2. The number of benzene rings is 6. The first kappa shape index (κ1) is 25.5. The predicted octanol–water partition coefficient (Wildman–Crippen LogP) is 12.5. The van der Waals surface area contributed by atoms with Crippen LogP contribution in [0.25, 0.3) is 72.3 Å². The number of para-hydroxylation sites is 2. The molecule has 0 amide bonds. The Hall–Kier alpha value is -5.41. The van der Waals surface area contributed by atoms with E-state index in [9.17, 15) is 0 Å². The zero-order valence-electron chi connectivity index (χ0n) is 35.4. The molecular weight excluding hydrogens is 609 g/mol. The standard InChI is InChI=1S/C47H45N2O/c1-28(2)39-26-36(35-22-20-34(21-23-35)33-14-10-9-11-15-33)27-40(29(3)4)44(39)49-42-17-13-12-16-41(42)48(8)47(49)43-31(6)19-25-38-37-24-18-30(5)32(7)45(37)50-46(38)43/h9-29H,1-8H3/q+1/i5D3,7D3. The summed E-state index contributed by atoms with van der Waals surface area (Å²) in [6, 6.07) is 39.3. The lowest BCUT2D eigenvalue weighted by Gasteiger charge is -2.21. The summed E-state index contributed by atoms with van der Waals surface area (Å²) in [5, 5.41) is 1.29. The van der Waals surface area contributed by atoms with Crippen molar-refractivity contribution in [3.8, 4) is 39.3 Å². The van der Waals surface area contributed by atoms with Crippen molar-refractivity contribution in [1.29, 1.82) is 0 Å². The van der Waals surface area contributed by atoms with Crippen LogP contribution in [-0.2, 0) is 7.05 Å². The quantitative estimate of drug-likeness (QED) is 0.163. The van der Waals surface area contributed by atoms with Crippen molar-refractivity contribution in [2.24, 2.45) is 7.05 Å². The number of nitrogens with zero attached hydrogens (tertiary/aromatic N) is 2. The second-order valence-corrected chi connectivity index (χ2v) is 14.1. The smallest absolute Gasteiger partial charge is 0.299 e. The lowest BCUT2D eigenvalue weighted by atomic mass is 9.87. The number of aromatic nitrogens is 2. The van der Waals surface area contributed by atoms with Crippen molar-refractivity contribution < 1.29 is 17.2 Å². The van der Waals surface area contributed by atoms with Gasteiger partial charge in [0.15, 0.2) is 16.6 Å². The number of hydrogen-bond acceptors (Lipinski definition) is 1. The van der Waals surface area contributed by atoms with Crippen LogP contribution < -0.4 is 4.57 Å². The second kappa shape index (κ2) is 12.2. The van der Waals surface area contributed by atoms with E-state index in [4.69, 9.17) is 12.6 Å². The summed E-state index contributed by atoms with van der Waals surface area (Å²) in [7, 11) is 2.06. The molecule has 8 aromatic rings. The number of fused-ring (bicyclic) bond motifs is 4. The molecule has 50 heavy (non-hydrogen) atoms. The molecule has 3 nitrogen and oxygen atoms in total. The van der Waals surface area contributed by atoms with Crippen molar-refractivity contribution in [3.05, 3.63) is 143 Å². The fraction of sp³-hybridized carbons (Fsp3) is 0.213. The van der Waals surface area contributed by atoms with Crippen molar-refractivity contribution >= 4 is 33.0 Å². The highest BCUT2D eigenvalue weighted by molar-refractivity contribution is 6.10. The van der Waals surface area contributed by atoms with E-state index in [0.717, 1.165) is 50.2 Å². The molecule has 0 aliphatic carbocycles. The monoisotopic (exact) mass is 659 g/mol. The Bertz CT molecular complexity index is 2760. The SMILES string of the molecule is [2H]C([2H])([2H])c1ccc2c(oc3c(-c4n(-c5c(C(C)C)cc(-c6ccc(-c7ccccc7)cc6)cc5C(C)C)c5ccccc5[n+]4C)c(C)ccc32)c1C([2H])([2H])[2H]. The molecule has 0 spiro atoms. The maximum Gasteiger partial charge on any atom is 0.299 e. The molecule has 0 atom stereocenters. The minimum Gasteiger partial charge on any atom is -0.455 e.